The zero-order chi connectivity index (χ0) is 14.4. The fourth-order valence-corrected chi connectivity index (χ4v) is 2.06. The number of nitrogens with zero attached hydrogens (tertiary/aromatic N) is 3. The molecule has 0 amide bonds. The molecule has 0 aliphatic rings. The van der Waals surface area contributed by atoms with Crippen molar-refractivity contribution in [1.82, 2.24) is 14.7 Å². The van der Waals surface area contributed by atoms with E-state index >= 15 is 0 Å². The Morgan fingerprint density at radius 3 is 2.68 bits per heavy atom. The predicted octanol–water partition coefficient (Wildman–Crippen LogP) is 2.22. The van der Waals surface area contributed by atoms with Gasteiger partial charge in [0.2, 0.25) is 0 Å². The number of hydrogen-bond donors (Lipinski definition) is 0. The van der Waals surface area contributed by atoms with E-state index in [0.29, 0.717) is 18.2 Å². The van der Waals surface area contributed by atoms with E-state index in [2.05, 4.69) is 30.8 Å². The first-order valence-electron chi connectivity index (χ1n) is 6.97. The predicted molar refractivity (Wildman–Crippen MR) is 75.0 cm³/mol. The van der Waals surface area contributed by atoms with Crippen molar-refractivity contribution in [3.63, 3.8) is 0 Å². The number of aromatic nitrogens is 2. The van der Waals surface area contributed by atoms with Crippen LogP contribution in [0.2, 0.25) is 0 Å². The molecule has 0 spiro atoms. The summed E-state index contributed by atoms with van der Waals surface area (Å²) >= 11 is 0. The Morgan fingerprint density at radius 1 is 1.47 bits per heavy atom. The number of carbonyl (C=O) groups is 1. The van der Waals surface area contributed by atoms with Gasteiger partial charge in [0.15, 0.2) is 0 Å². The summed E-state index contributed by atoms with van der Waals surface area (Å²) in [5.41, 5.74) is 1.49. The molecule has 1 aromatic heterocycles. The molecule has 5 heteroatoms. The molecule has 0 radical (unpaired) electrons. The molecule has 1 rings (SSSR count). The molecule has 0 aliphatic heterocycles. The van der Waals surface area contributed by atoms with E-state index in [1.165, 1.54) is 0 Å². The van der Waals surface area contributed by atoms with Crippen LogP contribution in [0.1, 0.15) is 50.2 Å². The lowest BCUT2D eigenvalue weighted by Gasteiger charge is -2.27. The Bertz CT molecular complexity index is 415. The minimum Gasteiger partial charge on any atom is -0.462 e. The fraction of sp³-hybridized carbons (Fsp3) is 0.714. The van der Waals surface area contributed by atoms with Gasteiger partial charge in [-0.2, -0.15) is 5.10 Å². The number of ether oxygens (including phenoxy) is 1. The van der Waals surface area contributed by atoms with Crippen LogP contribution in [0.15, 0.2) is 6.20 Å². The molecule has 108 valence electrons. The van der Waals surface area contributed by atoms with Crippen LogP contribution in [0.25, 0.3) is 0 Å². The Hall–Kier alpha value is -1.36. The molecule has 0 bridgehead atoms. The van der Waals surface area contributed by atoms with Crippen molar-refractivity contribution in [2.45, 2.75) is 46.7 Å². The van der Waals surface area contributed by atoms with Crippen molar-refractivity contribution in [3.05, 3.63) is 17.5 Å². The lowest BCUT2D eigenvalue weighted by molar-refractivity contribution is 0.0523. The number of aryl methyl sites for hydroxylation is 1. The van der Waals surface area contributed by atoms with E-state index in [1.54, 1.807) is 10.9 Å². The molecule has 0 fully saturated rings. The van der Waals surface area contributed by atoms with Crippen LogP contribution in [0.4, 0.5) is 0 Å². The molecule has 1 unspecified atom stereocenters. The second kappa shape index (κ2) is 7.28. The first kappa shape index (κ1) is 15.7. The zero-order valence-corrected chi connectivity index (χ0v) is 12.6. The van der Waals surface area contributed by atoms with Gasteiger partial charge in [-0.05, 0) is 26.8 Å². The lowest BCUT2D eigenvalue weighted by atomic mass is 10.1. The molecule has 0 aromatic carbocycles. The Balaban J connectivity index is 2.93. The summed E-state index contributed by atoms with van der Waals surface area (Å²) in [6, 6.07) is 0.481. The Morgan fingerprint density at radius 2 is 2.16 bits per heavy atom. The highest BCUT2D eigenvalue weighted by atomic mass is 16.5. The van der Waals surface area contributed by atoms with Gasteiger partial charge < -0.3 is 4.74 Å². The van der Waals surface area contributed by atoms with Gasteiger partial charge in [0.25, 0.3) is 0 Å². The highest BCUT2D eigenvalue weighted by Crippen LogP contribution is 2.15. The smallest absolute Gasteiger partial charge is 0.341 e. The molecular formula is C14H25N3O2. The number of hydrogen-bond acceptors (Lipinski definition) is 4. The van der Waals surface area contributed by atoms with Gasteiger partial charge >= 0.3 is 5.97 Å². The lowest BCUT2D eigenvalue weighted by Crippen LogP contribution is -2.33. The van der Waals surface area contributed by atoms with Gasteiger partial charge in [-0.1, -0.05) is 13.8 Å². The quantitative estimate of drug-likeness (QED) is 0.711. The second-order valence-electron chi connectivity index (χ2n) is 4.67. The molecule has 1 heterocycles. The van der Waals surface area contributed by atoms with Gasteiger partial charge in [0.05, 0.1) is 18.5 Å². The van der Waals surface area contributed by atoms with Crippen LogP contribution in [0, 0.1) is 0 Å². The van der Waals surface area contributed by atoms with Gasteiger partial charge in [0.1, 0.15) is 5.56 Å². The third kappa shape index (κ3) is 3.80. The average molecular weight is 267 g/mol. The van der Waals surface area contributed by atoms with Crippen LogP contribution in [0.3, 0.4) is 0 Å². The van der Waals surface area contributed by atoms with Gasteiger partial charge in [-0.3, -0.25) is 9.58 Å². The molecule has 0 saturated heterocycles. The maximum absolute atomic E-state index is 11.9. The minimum absolute atomic E-state index is 0.286. The van der Waals surface area contributed by atoms with E-state index in [0.717, 1.165) is 25.2 Å². The van der Waals surface area contributed by atoms with E-state index in [1.807, 2.05) is 14.0 Å². The molecular weight excluding hydrogens is 242 g/mol. The fourth-order valence-electron chi connectivity index (χ4n) is 2.06. The van der Waals surface area contributed by atoms with Crippen LogP contribution in [-0.2, 0) is 18.3 Å². The van der Waals surface area contributed by atoms with Gasteiger partial charge in [0, 0.05) is 19.6 Å². The summed E-state index contributed by atoms with van der Waals surface area (Å²) in [6.07, 6.45) is 2.68. The van der Waals surface area contributed by atoms with Crippen molar-refractivity contribution in [2.75, 3.05) is 13.2 Å². The van der Waals surface area contributed by atoms with Gasteiger partial charge in [-0.25, -0.2) is 4.79 Å². The molecule has 0 N–H and O–H groups in total. The third-order valence-electron chi connectivity index (χ3n) is 3.53. The standard InChI is InChI=1S/C14H25N3O2/c1-6-11(4)17(7-2)10-13-12(9-15-16(13)5)14(18)19-8-3/h9,11H,6-8,10H2,1-5H3. The third-order valence-corrected chi connectivity index (χ3v) is 3.53. The first-order chi connectivity index (χ1) is 9.04. The van der Waals surface area contributed by atoms with Crippen LogP contribution in [0.5, 0.6) is 0 Å². The van der Waals surface area contributed by atoms with E-state index < -0.39 is 0 Å². The second-order valence-corrected chi connectivity index (χ2v) is 4.67. The van der Waals surface area contributed by atoms with Crippen LogP contribution >= 0.6 is 0 Å². The van der Waals surface area contributed by atoms with Crippen LogP contribution < -0.4 is 0 Å². The van der Waals surface area contributed by atoms with Crippen molar-refractivity contribution in [2.24, 2.45) is 7.05 Å². The number of rotatable bonds is 7. The van der Waals surface area contributed by atoms with Crippen molar-refractivity contribution in [3.8, 4) is 0 Å². The molecule has 19 heavy (non-hydrogen) atoms. The maximum Gasteiger partial charge on any atom is 0.341 e. The van der Waals surface area contributed by atoms with Crippen LogP contribution in [-0.4, -0.2) is 39.8 Å². The topological polar surface area (TPSA) is 47.4 Å². The highest BCUT2D eigenvalue weighted by Gasteiger charge is 2.20. The van der Waals surface area contributed by atoms with E-state index in [9.17, 15) is 4.79 Å². The largest absolute Gasteiger partial charge is 0.462 e. The van der Waals surface area contributed by atoms with Crippen molar-refractivity contribution < 1.29 is 9.53 Å². The van der Waals surface area contributed by atoms with E-state index in [4.69, 9.17) is 4.74 Å². The molecule has 1 aromatic rings. The summed E-state index contributed by atoms with van der Waals surface area (Å²) in [4.78, 5) is 14.2. The van der Waals surface area contributed by atoms with Crippen molar-refractivity contribution in [1.29, 1.82) is 0 Å². The summed E-state index contributed by atoms with van der Waals surface area (Å²) < 4.78 is 6.83. The zero-order valence-electron chi connectivity index (χ0n) is 12.6. The summed E-state index contributed by atoms with van der Waals surface area (Å²) in [5.74, 6) is -0.286. The summed E-state index contributed by atoms with van der Waals surface area (Å²) in [7, 11) is 1.86. The summed E-state index contributed by atoms with van der Waals surface area (Å²) in [6.45, 7) is 10.4. The first-order valence-corrected chi connectivity index (χ1v) is 6.97. The number of esters is 1. The van der Waals surface area contributed by atoms with E-state index in [-0.39, 0.29) is 5.97 Å². The average Bonchev–Trinajstić information content (AvgIpc) is 2.76. The molecule has 5 nitrogen and oxygen atoms in total. The minimum atomic E-state index is -0.286. The van der Waals surface area contributed by atoms with Crippen molar-refractivity contribution >= 4 is 5.97 Å². The molecule has 1 atom stereocenters. The van der Waals surface area contributed by atoms with Gasteiger partial charge in [-0.15, -0.1) is 0 Å². The molecule has 0 aliphatic carbocycles. The molecule has 0 saturated carbocycles. The monoisotopic (exact) mass is 267 g/mol. The Labute approximate surface area is 115 Å². The summed E-state index contributed by atoms with van der Waals surface area (Å²) in [5, 5.41) is 4.18. The SMILES string of the molecule is CCOC(=O)c1cnn(C)c1CN(CC)C(C)CC. The number of carbonyl (C=O) groups excluding carboxylic acids is 1. The normalized spacial score (nSPS) is 12.7. The highest BCUT2D eigenvalue weighted by molar-refractivity contribution is 5.90. The Kier molecular flexibility index (Phi) is 6.02. The maximum atomic E-state index is 11.9.